The van der Waals surface area contributed by atoms with Crippen LogP contribution in [0.5, 0.6) is 0 Å². The lowest BCUT2D eigenvalue weighted by molar-refractivity contribution is -0.120. The molecule has 0 amide bonds. The molecule has 1 saturated carbocycles. The van der Waals surface area contributed by atoms with Gasteiger partial charge in [0.1, 0.15) is 5.78 Å². The number of carbonyl (C=O) groups is 1. The first-order chi connectivity index (χ1) is 4.34. The predicted octanol–water partition coefficient (Wildman–Crippen LogP) is 0.704. The topological polar surface area (TPSA) is 43.1 Å². The van der Waals surface area contributed by atoms with Crippen molar-refractivity contribution in [2.24, 2.45) is 11.7 Å². The molecule has 0 saturated heterocycles. The summed E-state index contributed by atoms with van der Waals surface area (Å²) in [6.07, 6.45) is 3.86. The fourth-order valence-electron chi connectivity index (χ4n) is 1.39. The summed E-state index contributed by atoms with van der Waals surface area (Å²) in [7, 11) is 0. The van der Waals surface area contributed by atoms with E-state index in [4.69, 9.17) is 5.73 Å². The Morgan fingerprint density at radius 2 is 2.44 bits per heavy atom. The minimum Gasteiger partial charge on any atom is -0.330 e. The number of Topliss-reactive ketones (excluding diaryl/α,β-unsaturated/α-hetero) is 1. The third kappa shape index (κ3) is 1.52. The monoisotopic (exact) mass is 127 g/mol. The van der Waals surface area contributed by atoms with Crippen LogP contribution in [0.25, 0.3) is 0 Å². The van der Waals surface area contributed by atoms with Crippen molar-refractivity contribution in [2.75, 3.05) is 6.54 Å². The molecule has 2 heteroatoms. The van der Waals surface area contributed by atoms with Crippen LogP contribution >= 0.6 is 0 Å². The smallest absolute Gasteiger partial charge is 0.136 e. The first kappa shape index (κ1) is 6.75. The second-order valence-electron chi connectivity index (χ2n) is 2.63. The van der Waals surface area contributed by atoms with E-state index >= 15 is 0 Å². The van der Waals surface area contributed by atoms with Crippen LogP contribution in [-0.2, 0) is 4.79 Å². The van der Waals surface area contributed by atoms with Gasteiger partial charge in [0, 0.05) is 12.3 Å². The molecule has 0 aliphatic heterocycles. The molecule has 0 spiro atoms. The highest BCUT2D eigenvalue weighted by Gasteiger charge is 2.22. The maximum Gasteiger partial charge on any atom is 0.136 e. The standard InChI is InChI=1S/C7H13NO/c8-5-4-6-2-1-3-7(6)9/h6H,1-5,8H2. The highest BCUT2D eigenvalue weighted by molar-refractivity contribution is 5.82. The van der Waals surface area contributed by atoms with E-state index in [-0.39, 0.29) is 0 Å². The van der Waals surface area contributed by atoms with Gasteiger partial charge in [-0.2, -0.15) is 0 Å². The Balaban J connectivity index is 2.31. The van der Waals surface area contributed by atoms with Gasteiger partial charge in [-0.1, -0.05) is 0 Å². The molecule has 0 bridgehead atoms. The van der Waals surface area contributed by atoms with Crippen LogP contribution in [0.2, 0.25) is 0 Å². The summed E-state index contributed by atoms with van der Waals surface area (Å²) in [5, 5.41) is 0. The molecule has 0 radical (unpaired) electrons. The predicted molar refractivity (Wildman–Crippen MR) is 36.0 cm³/mol. The molecule has 9 heavy (non-hydrogen) atoms. The molecule has 0 aromatic rings. The van der Waals surface area contributed by atoms with Gasteiger partial charge in [-0.05, 0) is 25.8 Å². The number of rotatable bonds is 2. The zero-order valence-electron chi connectivity index (χ0n) is 5.60. The molecule has 2 nitrogen and oxygen atoms in total. The van der Waals surface area contributed by atoms with Crippen LogP contribution in [0.3, 0.4) is 0 Å². The molecule has 1 aliphatic rings. The molecule has 2 N–H and O–H groups in total. The van der Waals surface area contributed by atoms with Crippen molar-refractivity contribution >= 4 is 5.78 Å². The van der Waals surface area contributed by atoms with Crippen LogP contribution in [0, 0.1) is 5.92 Å². The summed E-state index contributed by atoms with van der Waals surface area (Å²) in [4.78, 5) is 10.9. The summed E-state index contributed by atoms with van der Waals surface area (Å²) in [5.41, 5.74) is 5.32. The van der Waals surface area contributed by atoms with Crippen LogP contribution in [-0.4, -0.2) is 12.3 Å². The van der Waals surface area contributed by atoms with Crippen molar-refractivity contribution in [3.8, 4) is 0 Å². The van der Waals surface area contributed by atoms with Gasteiger partial charge in [0.15, 0.2) is 0 Å². The highest BCUT2D eigenvalue weighted by atomic mass is 16.1. The maximum atomic E-state index is 10.9. The Kier molecular flexibility index (Phi) is 2.22. The zero-order valence-corrected chi connectivity index (χ0v) is 5.60. The molecule has 1 rings (SSSR count). The van der Waals surface area contributed by atoms with Gasteiger partial charge in [-0.15, -0.1) is 0 Å². The van der Waals surface area contributed by atoms with Crippen molar-refractivity contribution in [3.63, 3.8) is 0 Å². The Morgan fingerprint density at radius 3 is 2.89 bits per heavy atom. The number of hydrogen-bond acceptors (Lipinski definition) is 2. The molecule has 1 unspecified atom stereocenters. The molecule has 0 aromatic heterocycles. The molecule has 1 fully saturated rings. The average Bonchev–Trinajstić information content (AvgIpc) is 2.18. The van der Waals surface area contributed by atoms with Gasteiger partial charge < -0.3 is 5.73 Å². The number of ketones is 1. The Labute approximate surface area is 55.4 Å². The van der Waals surface area contributed by atoms with Crippen molar-refractivity contribution in [1.82, 2.24) is 0 Å². The average molecular weight is 127 g/mol. The van der Waals surface area contributed by atoms with E-state index in [1.807, 2.05) is 0 Å². The van der Waals surface area contributed by atoms with Gasteiger partial charge in [0.05, 0.1) is 0 Å². The molecule has 1 atom stereocenters. The largest absolute Gasteiger partial charge is 0.330 e. The third-order valence-electron chi connectivity index (χ3n) is 1.95. The lowest BCUT2D eigenvalue weighted by Crippen LogP contribution is -2.11. The Bertz CT molecular complexity index is 111. The summed E-state index contributed by atoms with van der Waals surface area (Å²) < 4.78 is 0. The molecule has 1 aliphatic carbocycles. The highest BCUT2D eigenvalue weighted by Crippen LogP contribution is 2.23. The Hall–Kier alpha value is -0.370. The number of hydrogen-bond donors (Lipinski definition) is 1. The van der Waals surface area contributed by atoms with E-state index in [0.29, 0.717) is 18.2 Å². The maximum absolute atomic E-state index is 10.9. The third-order valence-corrected chi connectivity index (χ3v) is 1.95. The molecule has 0 aromatic carbocycles. The van der Waals surface area contributed by atoms with Crippen LogP contribution in [0.4, 0.5) is 0 Å². The zero-order chi connectivity index (χ0) is 6.69. The van der Waals surface area contributed by atoms with Gasteiger partial charge in [0.25, 0.3) is 0 Å². The van der Waals surface area contributed by atoms with E-state index in [1.54, 1.807) is 0 Å². The number of carbonyl (C=O) groups excluding carboxylic acids is 1. The summed E-state index contributed by atoms with van der Waals surface area (Å²) in [6, 6.07) is 0. The van der Waals surface area contributed by atoms with Crippen LogP contribution in [0.1, 0.15) is 25.7 Å². The van der Waals surface area contributed by atoms with Gasteiger partial charge in [-0.3, -0.25) is 4.79 Å². The normalized spacial score (nSPS) is 27.2. The lowest BCUT2D eigenvalue weighted by atomic mass is 10.0. The fraction of sp³-hybridized carbons (Fsp3) is 0.857. The molecule has 52 valence electrons. The van der Waals surface area contributed by atoms with Crippen molar-refractivity contribution in [3.05, 3.63) is 0 Å². The van der Waals surface area contributed by atoms with E-state index in [9.17, 15) is 4.79 Å². The van der Waals surface area contributed by atoms with E-state index in [1.165, 1.54) is 0 Å². The van der Waals surface area contributed by atoms with E-state index in [2.05, 4.69) is 0 Å². The second-order valence-corrected chi connectivity index (χ2v) is 2.63. The summed E-state index contributed by atoms with van der Waals surface area (Å²) in [5.74, 6) is 0.746. The van der Waals surface area contributed by atoms with Crippen molar-refractivity contribution in [1.29, 1.82) is 0 Å². The quantitative estimate of drug-likeness (QED) is 0.593. The SMILES string of the molecule is NCCC1CCCC1=O. The van der Waals surface area contributed by atoms with Gasteiger partial charge >= 0.3 is 0 Å². The number of nitrogens with two attached hydrogens (primary N) is 1. The van der Waals surface area contributed by atoms with Crippen molar-refractivity contribution in [2.45, 2.75) is 25.7 Å². The fourth-order valence-corrected chi connectivity index (χ4v) is 1.39. The van der Waals surface area contributed by atoms with Crippen molar-refractivity contribution < 1.29 is 4.79 Å². The second kappa shape index (κ2) is 2.97. The van der Waals surface area contributed by atoms with Crippen LogP contribution in [0.15, 0.2) is 0 Å². The minimum atomic E-state index is 0.315. The summed E-state index contributed by atoms with van der Waals surface area (Å²) in [6.45, 7) is 0.663. The first-order valence-corrected chi connectivity index (χ1v) is 3.57. The first-order valence-electron chi connectivity index (χ1n) is 3.57. The van der Waals surface area contributed by atoms with Crippen LogP contribution < -0.4 is 5.73 Å². The van der Waals surface area contributed by atoms with E-state index < -0.39 is 0 Å². The minimum absolute atomic E-state index is 0.315. The molecule has 0 heterocycles. The van der Waals surface area contributed by atoms with E-state index in [0.717, 1.165) is 25.7 Å². The lowest BCUT2D eigenvalue weighted by Gasteiger charge is -2.02. The Morgan fingerprint density at radius 1 is 1.67 bits per heavy atom. The molecular formula is C7H13NO. The molecular weight excluding hydrogens is 114 g/mol. The van der Waals surface area contributed by atoms with Gasteiger partial charge in [-0.25, -0.2) is 0 Å². The summed E-state index contributed by atoms with van der Waals surface area (Å²) >= 11 is 0. The van der Waals surface area contributed by atoms with Gasteiger partial charge in [0.2, 0.25) is 0 Å².